The molecule has 0 bridgehead atoms. The third-order valence-corrected chi connectivity index (χ3v) is 7.68. The molecular formula is C12H19ClNO5PS2. The standard InChI is InChI=1S/C12H19ClNO5PS2/c1-5-14(6-2)22(15,16)10-7-8-12(11(13)9-10)19-20(21,17-3)18-4/h7-9H,5-6H2,1-4H3. The normalized spacial score (nSPS) is 12.6. The fourth-order valence-electron chi connectivity index (χ4n) is 1.70. The molecule has 0 atom stereocenters. The maximum atomic E-state index is 12.4. The van der Waals surface area contributed by atoms with Crippen LogP contribution in [0.1, 0.15) is 13.8 Å². The smallest absolute Gasteiger partial charge is 0.380 e. The van der Waals surface area contributed by atoms with E-state index in [1.807, 2.05) is 0 Å². The summed E-state index contributed by atoms with van der Waals surface area (Å²) in [5.41, 5.74) is 0. The van der Waals surface area contributed by atoms with Crippen molar-refractivity contribution >= 4 is 40.1 Å². The molecule has 1 aromatic carbocycles. The highest BCUT2D eigenvalue weighted by Gasteiger charge is 2.24. The van der Waals surface area contributed by atoms with Crippen molar-refractivity contribution in [3.05, 3.63) is 23.2 Å². The van der Waals surface area contributed by atoms with Crippen LogP contribution in [0.4, 0.5) is 0 Å². The molecule has 1 rings (SSSR count). The van der Waals surface area contributed by atoms with E-state index < -0.39 is 16.7 Å². The zero-order valence-corrected chi connectivity index (χ0v) is 16.1. The van der Waals surface area contributed by atoms with Crippen LogP contribution >= 0.6 is 18.3 Å². The molecule has 0 spiro atoms. The maximum absolute atomic E-state index is 12.4. The second-order valence-corrected chi connectivity index (χ2v) is 9.58. The van der Waals surface area contributed by atoms with Gasteiger partial charge in [0.1, 0.15) is 5.75 Å². The van der Waals surface area contributed by atoms with E-state index in [4.69, 9.17) is 37.0 Å². The van der Waals surface area contributed by atoms with Crippen molar-refractivity contribution in [2.24, 2.45) is 0 Å². The van der Waals surface area contributed by atoms with Crippen LogP contribution in [0.2, 0.25) is 5.02 Å². The molecule has 0 saturated carbocycles. The van der Waals surface area contributed by atoms with E-state index in [0.29, 0.717) is 13.1 Å². The van der Waals surface area contributed by atoms with Crippen molar-refractivity contribution in [2.45, 2.75) is 18.7 Å². The van der Waals surface area contributed by atoms with E-state index in [0.717, 1.165) is 0 Å². The van der Waals surface area contributed by atoms with Gasteiger partial charge in [0.2, 0.25) is 10.0 Å². The van der Waals surface area contributed by atoms with Crippen LogP contribution in [0.5, 0.6) is 5.75 Å². The lowest BCUT2D eigenvalue weighted by molar-refractivity contribution is 0.273. The van der Waals surface area contributed by atoms with Crippen LogP contribution in [0.15, 0.2) is 23.1 Å². The largest absolute Gasteiger partial charge is 0.423 e. The molecule has 0 aliphatic rings. The lowest BCUT2D eigenvalue weighted by Crippen LogP contribution is -2.30. The summed E-state index contributed by atoms with van der Waals surface area (Å²) in [6.45, 7) is 1.37. The molecule has 0 aromatic heterocycles. The second-order valence-electron chi connectivity index (χ2n) is 4.09. The Labute approximate surface area is 141 Å². The summed E-state index contributed by atoms with van der Waals surface area (Å²) in [5.74, 6) is 0.215. The van der Waals surface area contributed by atoms with Crippen molar-refractivity contribution in [1.29, 1.82) is 0 Å². The molecule has 0 radical (unpaired) electrons. The fourth-order valence-corrected chi connectivity index (χ4v) is 4.46. The molecule has 0 N–H and O–H groups in total. The molecule has 0 fully saturated rings. The Morgan fingerprint density at radius 1 is 1.23 bits per heavy atom. The number of sulfonamides is 1. The molecule has 10 heteroatoms. The molecule has 22 heavy (non-hydrogen) atoms. The Morgan fingerprint density at radius 3 is 2.18 bits per heavy atom. The summed E-state index contributed by atoms with van der Waals surface area (Å²) in [4.78, 5) is 0.0942. The Morgan fingerprint density at radius 2 is 1.77 bits per heavy atom. The lowest BCUT2D eigenvalue weighted by atomic mass is 10.3. The molecule has 0 aliphatic heterocycles. The number of hydrogen-bond acceptors (Lipinski definition) is 6. The van der Waals surface area contributed by atoms with Gasteiger partial charge in [0.15, 0.2) is 0 Å². The molecule has 0 unspecified atom stereocenters. The number of benzene rings is 1. The Hall–Kier alpha value is -0.210. The van der Waals surface area contributed by atoms with Crippen molar-refractivity contribution in [3.8, 4) is 5.75 Å². The topological polar surface area (TPSA) is 65.1 Å². The van der Waals surface area contributed by atoms with E-state index >= 15 is 0 Å². The van der Waals surface area contributed by atoms with E-state index in [1.165, 1.54) is 36.7 Å². The molecule has 1 aromatic rings. The fraction of sp³-hybridized carbons (Fsp3) is 0.500. The number of hydrogen-bond donors (Lipinski definition) is 0. The third kappa shape index (κ3) is 4.41. The molecule has 126 valence electrons. The van der Waals surface area contributed by atoms with E-state index in [2.05, 4.69) is 0 Å². The summed E-state index contributed by atoms with van der Waals surface area (Å²) in [7, 11) is -0.837. The van der Waals surface area contributed by atoms with E-state index in [1.54, 1.807) is 13.8 Å². The third-order valence-electron chi connectivity index (χ3n) is 2.90. The van der Waals surface area contributed by atoms with Crippen molar-refractivity contribution < 1.29 is 22.0 Å². The van der Waals surface area contributed by atoms with Gasteiger partial charge in [-0.05, 0) is 18.2 Å². The van der Waals surface area contributed by atoms with E-state index in [-0.39, 0.29) is 15.7 Å². The quantitative estimate of drug-likeness (QED) is 0.638. The summed E-state index contributed by atoms with van der Waals surface area (Å²) in [5, 5.41) is 0.122. The zero-order chi connectivity index (χ0) is 17.0. The van der Waals surface area contributed by atoms with Crippen molar-refractivity contribution in [2.75, 3.05) is 27.3 Å². The van der Waals surface area contributed by atoms with Crippen molar-refractivity contribution in [3.63, 3.8) is 0 Å². The minimum atomic E-state index is -3.58. The SMILES string of the molecule is CCN(CC)S(=O)(=O)c1ccc(OP(=S)(OC)OC)c(Cl)c1. The van der Waals surface area contributed by atoms with Gasteiger partial charge >= 0.3 is 6.72 Å². The van der Waals surface area contributed by atoms with Gasteiger partial charge in [-0.2, -0.15) is 4.31 Å². The highest BCUT2D eigenvalue weighted by atomic mass is 35.5. The van der Waals surface area contributed by atoms with Gasteiger partial charge in [0.25, 0.3) is 0 Å². The van der Waals surface area contributed by atoms with Crippen LogP contribution in [0.3, 0.4) is 0 Å². The van der Waals surface area contributed by atoms with E-state index in [9.17, 15) is 8.42 Å². The molecule has 0 heterocycles. The highest BCUT2D eigenvalue weighted by molar-refractivity contribution is 8.07. The molecule has 0 amide bonds. The zero-order valence-electron chi connectivity index (χ0n) is 12.8. The predicted octanol–water partition coefficient (Wildman–Crippen LogP) is 3.27. The van der Waals surface area contributed by atoms with Gasteiger partial charge in [-0.15, -0.1) is 0 Å². The first-order valence-corrected chi connectivity index (χ1v) is 10.8. The van der Waals surface area contributed by atoms with Crippen LogP contribution in [0, 0.1) is 0 Å². The molecule has 6 nitrogen and oxygen atoms in total. The van der Waals surface area contributed by atoms with Gasteiger partial charge in [0, 0.05) is 39.1 Å². The van der Waals surface area contributed by atoms with Gasteiger partial charge in [-0.3, -0.25) is 0 Å². The second kappa shape index (κ2) is 8.06. The molecular weight excluding hydrogens is 369 g/mol. The van der Waals surface area contributed by atoms with Crippen LogP contribution in [0.25, 0.3) is 0 Å². The first-order valence-electron chi connectivity index (χ1n) is 6.44. The predicted molar refractivity (Wildman–Crippen MR) is 90.5 cm³/mol. The minimum absolute atomic E-state index is 0.0942. The average molecular weight is 388 g/mol. The number of rotatable bonds is 8. The summed E-state index contributed by atoms with van der Waals surface area (Å²) >= 11 is 11.2. The highest BCUT2D eigenvalue weighted by Crippen LogP contribution is 2.49. The monoisotopic (exact) mass is 387 g/mol. The van der Waals surface area contributed by atoms with Gasteiger partial charge in [-0.25, -0.2) is 8.42 Å². The van der Waals surface area contributed by atoms with Crippen LogP contribution in [-0.2, 0) is 30.9 Å². The van der Waals surface area contributed by atoms with Gasteiger partial charge < -0.3 is 13.6 Å². The first kappa shape index (κ1) is 19.8. The maximum Gasteiger partial charge on any atom is 0.380 e. The Bertz CT molecular complexity index is 655. The first-order chi connectivity index (χ1) is 10.2. The van der Waals surface area contributed by atoms with Crippen LogP contribution < -0.4 is 4.52 Å². The molecule has 0 saturated heterocycles. The molecule has 0 aliphatic carbocycles. The average Bonchev–Trinajstić information content (AvgIpc) is 2.50. The Kier molecular flexibility index (Phi) is 7.26. The van der Waals surface area contributed by atoms with Gasteiger partial charge in [0.05, 0.1) is 9.92 Å². The Balaban J connectivity index is 3.17. The summed E-state index contributed by atoms with van der Waals surface area (Å²) < 4.78 is 41.7. The summed E-state index contributed by atoms with van der Waals surface area (Å²) in [6, 6.07) is 4.19. The van der Waals surface area contributed by atoms with Crippen molar-refractivity contribution in [1.82, 2.24) is 4.31 Å². The minimum Gasteiger partial charge on any atom is -0.423 e. The lowest BCUT2D eigenvalue weighted by Gasteiger charge is -2.21. The van der Waals surface area contributed by atoms with Gasteiger partial charge in [-0.1, -0.05) is 25.4 Å². The number of nitrogens with zero attached hydrogens (tertiary/aromatic N) is 1. The van der Waals surface area contributed by atoms with Crippen LogP contribution in [-0.4, -0.2) is 40.0 Å². The number of halogens is 1. The summed E-state index contributed by atoms with van der Waals surface area (Å²) in [6.07, 6.45) is 0.